The molecule has 2 rings (SSSR count). The first-order valence-electron chi connectivity index (χ1n) is 5.84. The summed E-state index contributed by atoms with van der Waals surface area (Å²) in [6.07, 6.45) is 2.69. The summed E-state index contributed by atoms with van der Waals surface area (Å²) >= 11 is 4.91. The van der Waals surface area contributed by atoms with Gasteiger partial charge in [-0.25, -0.2) is 0 Å². The Labute approximate surface area is 107 Å². The van der Waals surface area contributed by atoms with Crippen LogP contribution in [0.4, 0.5) is 0 Å². The average molecular weight is 248 g/mol. The van der Waals surface area contributed by atoms with E-state index in [-0.39, 0.29) is 5.91 Å². The van der Waals surface area contributed by atoms with Crippen molar-refractivity contribution in [1.82, 2.24) is 4.90 Å². The van der Waals surface area contributed by atoms with Crippen molar-refractivity contribution in [3.63, 3.8) is 0 Å². The maximum atomic E-state index is 12.3. The Balaban J connectivity index is 2.24. The topological polar surface area (TPSA) is 46.3 Å². The molecule has 2 N–H and O–H groups in total. The Morgan fingerprint density at radius 3 is 2.59 bits per heavy atom. The third-order valence-electron chi connectivity index (χ3n) is 3.01. The van der Waals surface area contributed by atoms with Gasteiger partial charge in [0.25, 0.3) is 5.91 Å². The monoisotopic (exact) mass is 248 g/mol. The Hall–Kier alpha value is -1.42. The lowest BCUT2D eigenvalue weighted by molar-refractivity contribution is 0.0792. The van der Waals surface area contributed by atoms with Crippen LogP contribution in [-0.2, 0) is 6.42 Å². The van der Waals surface area contributed by atoms with Crippen molar-refractivity contribution in [2.75, 3.05) is 13.1 Å². The number of hydrogen-bond donors (Lipinski definition) is 1. The predicted molar refractivity (Wildman–Crippen MR) is 72.1 cm³/mol. The van der Waals surface area contributed by atoms with Crippen LogP contribution in [-0.4, -0.2) is 28.9 Å². The second-order valence-corrected chi connectivity index (χ2v) is 4.82. The van der Waals surface area contributed by atoms with Crippen molar-refractivity contribution in [2.24, 2.45) is 5.73 Å². The lowest BCUT2D eigenvalue weighted by atomic mass is 10.0. The number of amides is 1. The molecule has 1 aliphatic rings. The lowest BCUT2D eigenvalue weighted by Gasteiger charge is -2.17. The summed E-state index contributed by atoms with van der Waals surface area (Å²) in [5, 5.41) is 0. The summed E-state index contributed by atoms with van der Waals surface area (Å²) in [6, 6.07) is 7.57. The third-order valence-corrected chi connectivity index (χ3v) is 3.15. The zero-order valence-electron chi connectivity index (χ0n) is 9.69. The molecular weight excluding hydrogens is 232 g/mol. The molecule has 1 saturated heterocycles. The number of carbonyl (C=O) groups excluding carboxylic acids is 1. The number of nitrogens with zero attached hydrogens (tertiary/aromatic N) is 1. The molecule has 1 aromatic carbocycles. The molecule has 0 atom stereocenters. The van der Waals surface area contributed by atoms with E-state index in [4.69, 9.17) is 18.0 Å². The highest BCUT2D eigenvalue weighted by molar-refractivity contribution is 7.80. The predicted octanol–water partition coefficient (Wildman–Crippen LogP) is 1.75. The van der Waals surface area contributed by atoms with Crippen LogP contribution >= 0.6 is 12.2 Å². The fraction of sp³-hybridized carbons (Fsp3) is 0.385. The molecule has 0 spiro atoms. The van der Waals surface area contributed by atoms with E-state index < -0.39 is 0 Å². The van der Waals surface area contributed by atoms with Crippen LogP contribution in [0.3, 0.4) is 0 Å². The minimum atomic E-state index is 0.106. The van der Waals surface area contributed by atoms with E-state index in [2.05, 4.69) is 0 Å². The average Bonchev–Trinajstić information content (AvgIpc) is 2.81. The highest BCUT2D eigenvalue weighted by Crippen LogP contribution is 2.16. The number of rotatable bonds is 3. The van der Waals surface area contributed by atoms with Crippen LogP contribution in [0.25, 0.3) is 0 Å². The first kappa shape index (κ1) is 12.0. The molecule has 1 heterocycles. The van der Waals surface area contributed by atoms with E-state index in [1.165, 1.54) is 0 Å². The molecule has 0 aliphatic carbocycles. The van der Waals surface area contributed by atoms with Crippen LogP contribution in [0.15, 0.2) is 24.3 Å². The molecule has 0 saturated carbocycles. The molecule has 1 aromatic rings. The van der Waals surface area contributed by atoms with Crippen molar-refractivity contribution < 1.29 is 4.79 Å². The molecule has 1 aliphatic heterocycles. The molecule has 0 radical (unpaired) electrons. The number of benzene rings is 1. The summed E-state index contributed by atoms with van der Waals surface area (Å²) < 4.78 is 0. The van der Waals surface area contributed by atoms with Gasteiger partial charge in [0.05, 0.1) is 4.99 Å². The summed E-state index contributed by atoms with van der Waals surface area (Å²) in [7, 11) is 0. The first-order valence-corrected chi connectivity index (χ1v) is 6.25. The minimum absolute atomic E-state index is 0.106. The molecule has 0 unspecified atom stereocenters. The lowest BCUT2D eigenvalue weighted by Crippen LogP contribution is -2.29. The Morgan fingerprint density at radius 1 is 1.29 bits per heavy atom. The molecule has 4 heteroatoms. The van der Waals surface area contributed by atoms with Gasteiger partial charge in [0.15, 0.2) is 0 Å². The molecular formula is C13H16N2OS. The van der Waals surface area contributed by atoms with Crippen LogP contribution in [0.2, 0.25) is 0 Å². The number of hydrogen-bond acceptors (Lipinski definition) is 2. The smallest absolute Gasteiger partial charge is 0.254 e. The quantitative estimate of drug-likeness (QED) is 0.829. The van der Waals surface area contributed by atoms with Crippen LogP contribution in [0.1, 0.15) is 28.8 Å². The fourth-order valence-electron chi connectivity index (χ4n) is 2.16. The van der Waals surface area contributed by atoms with E-state index >= 15 is 0 Å². The van der Waals surface area contributed by atoms with Gasteiger partial charge < -0.3 is 10.6 Å². The summed E-state index contributed by atoms with van der Waals surface area (Å²) in [5.41, 5.74) is 7.22. The van der Waals surface area contributed by atoms with Gasteiger partial charge >= 0.3 is 0 Å². The zero-order valence-corrected chi connectivity index (χ0v) is 10.5. The summed E-state index contributed by atoms with van der Waals surface area (Å²) in [6.45, 7) is 1.72. The van der Waals surface area contributed by atoms with Crippen molar-refractivity contribution >= 4 is 23.1 Å². The second kappa shape index (κ2) is 5.27. The number of carbonyl (C=O) groups is 1. The van der Waals surface area contributed by atoms with E-state index in [0.717, 1.165) is 37.1 Å². The van der Waals surface area contributed by atoms with E-state index in [1.54, 1.807) is 0 Å². The minimum Gasteiger partial charge on any atom is -0.393 e. The highest BCUT2D eigenvalue weighted by atomic mass is 32.1. The standard InChI is InChI=1S/C13H16N2OS/c14-12(17)9-10-5-1-2-6-11(10)13(16)15-7-3-4-8-15/h1-2,5-6H,3-4,7-9H2,(H2,14,17). The van der Waals surface area contributed by atoms with Gasteiger partial charge in [0, 0.05) is 25.1 Å². The maximum Gasteiger partial charge on any atom is 0.254 e. The van der Waals surface area contributed by atoms with Crippen LogP contribution in [0, 0.1) is 0 Å². The van der Waals surface area contributed by atoms with Gasteiger partial charge in [0.1, 0.15) is 0 Å². The van der Waals surface area contributed by atoms with Crippen molar-refractivity contribution in [1.29, 1.82) is 0 Å². The van der Waals surface area contributed by atoms with Gasteiger partial charge in [-0.15, -0.1) is 0 Å². The van der Waals surface area contributed by atoms with Crippen molar-refractivity contribution in [2.45, 2.75) is 19.3 Å². The van der Waals surface area contributed by atoms with Gasteiger partial charge in [-0.3, -0.25) is 4.79 Å². The molecule has 17 heavy (non-hydrogen) atoms. The van der Waals surface area contributed by atoms with Gasteiger partial charge in [-0.05, 0) is 24.5 Å². The van der Waals surface area contributed by atoms with E-state index in [1.807, 2.05) is 29.2 Å². The Kier molecular flexibility index (Phi) is 3.74. The zero-order chi connectivity index (χ0) is 12.3. The normalized spacial score (nSPS) is 14.9. The molecule has 0 bridgehead atoms. The van der Waals surface area contributed by atoms with Crippen LogP contribution < -0.4 is 5.73 Å². The third kappa shape index (κ3) is 2.82. The second-order valence-electron chi connectivity index (χ2n) is 4.30. The molecule has 0 aromatic heterocycles. The highest BCUT2D eigenvalue weighted by Gasteiger charge is 2.21. The largest absolute Gasteiger partial charge is 0.393 e. The summed E-state index contributed by atoms with van der Waals surface area (Å²) in [5.74, 6) is 0.106. The maximum absolute atomic E-state index is 12.3. The number of likely N-dealkylation sites (tertiary alicyclic amines) is 1. The molecule has 1 amide bonds. The van der Waals surface area contributed by atoms with Crippen molar-refractivity contribution in [3.8, 4) is 0 Å². The summed E-state index contributed by atoms with van der Waals surface area (Å²) in [4.78, 5) is 14.6. The Morgan fingerprint density at radius 2 is 1.94 bits per heavy atom. The number of nitrogens with two attached hydrogens (primary N) is 1. The first-order chi connectivity index (χ1) is 8.18. The molecule has 90 valence electrons. The van der Waals surface area contributed by atoms with E-state index in [9.17, 15) is 4.79 Å². The van der Waals surface area contributed by atoms with E-state index in [0.29, 0.717) is 11.4 Å². The molecule has 3 nitrogen and oxygen atoms in total. The Bertz CT molecular complexity index is 439. The van der Waals surface area contributed by atoms with Gasteiger partial charge in [0.2, 0.25) is 0 Å². The van der Waals surface area contributed by atoms with Crippen molar-refractivity contribution in [3.05, 3.63) is 35.4 Å². The fourth-order valence-corrected chi connectivity index (χ4v) is 2.32. The van der Waals surface area contributed by atoms with Crippen LogP contribution in [0.5, 0.6) is 0 Å². The van der Waals surface area contributed by atoms with Gasteiger partial charge in [-0.2, -0.15) is 0 Å². The van der Waals surface area contributed by atoms with Gasteiger partial charge in [-0.1, -0.05) is 30.4 Å². The number of thiocarbonyl (C=S) groups is 1. The SMILES string of the molecule is NC(=S)Cc1ccccc1C(=O)N1CCCC1. The molecule has 1 fully saturated rings.